The zero-order chi connectivity index (χ0) is 22.2. The first-order valence-electron chi connectivity index (χ1n) is 11.9. The summed E-state index contributed by atoms with van der Waals surface area (Å²) in [6.45, 7) is 2.56. The van der Waals surface area contributed by atoms with Crippen molar-refractivity contribution in [3.63, 3.8) is 0 Å². The van der Waals surface area contributed by atoms with Crippen molar-refractivity contribution in [3.8, 4) is 11.3 Å². The summed E-state index contributed by atoms with van der Waals surface area (Å²) >= 11 is 0. The van der Waals surface area contributed by atoms with Crippen LogP contribution >= 0.6 is 0 Å². The number of pyridine rings is 1. The molecular formula is C24H28N8O. The number of rotatable bonds is 5. The Kier molecular flexibility index (Phi) is 5.16. The molecule has 3 aromatic heterocycles. The molecule has 1 atom stereocenters. The third-order valence-electron chi connectivity index (χ3n) is 6.93. The minimum absolute atomic E-state index is 0.155. The van der Waals surface area contributed by atoms with E-state index < -0.39 is 0 Å². The average molecular weight is 445 g/mol. The molecule has 3 aliphatic rings. The Bertz CT molecular complexity index is 1150. The van der Waals surface area contributed by atoms with E-state index in [1.165, 1.54) is 0 Å². The van der Waals surface area contributed by atoms with Crippen LogP contribution in [0.25, 0.3) is 11.3 Å². The monoisotopic (exact) mass is 444 g/mol. The van der Waals surface area contributed by atoms with Gasteiger partial charge in [-0.3, -0.25) is 14.9 Å². The lowest BCUT2D eigenvalue weighted by Crippen LogP contribution is -2.45. The fraction of sp³-hybridized carbons (Fsp3) is 0.458. The van der Waals surface area contributed by atoms with Gasteiger partial charge in [0, 0.05) is 49.2 Å². The molecule has 6 rings (SSSR count). The molecule has 5 heterocycles. The van der Waals surface area contributed by atoms with Crippen molar-refractivity contribution in [1.29, 1.82) is 0 Å². The smallest absolute Gasteiger partial charge is 0.245 e. The van der Waals surface area contributed by atoms with Crippen LogP contribution in [0.1, 0.15) is 43.4 Å². The standard InChI is InChI=1S/C24H28N8O/c33-23(31-11-1-2-12-31)20-9-5-13-32(20)24-26-18-8-3-7-17(18)22(28-24)27-21-14-19(29-30-21)16-6-4-10-25-15-16/h4,6,10,14-15,20H,1-3,5,7-9,11-13H2,(H2,26,27,28,29,30)/t20-/m0/s1. The first-order chi connectivity index (χ1) is 16.3. The topological polar surface area (TPSA) is 103 Å². The number of aryl methyl sites for hydroxylation is 1. The Balaban J connectivity index is 1.29. The van der Waals surface area contributed by atoms with E-state index in [9.17, 15) is 4.79 Å². The Morgan fingerprint density at radius 3 is 2.85 bits per heavy atom. The van der Waals surface area contributed by atoms with Gasteiger partial charge in [0.1, 0.15) is 11.9 Å². The highest BCUT2D eigenvalue weighted by Gasteiger charge is 2.37. The van der Waals surface area contributed by atoms with Crippen LogP contribution in [0.4, 0.5) is 17.6 Å². The van der Waals surface area contributed by atoms with Crippen LogP contribution in [0.15, 0.2) is 30.6 Å². The van der Waals surface area contributed by atoms with E-state index in [2.05, 4.69) is 25.4 Å². The predicted octanol–water partition coefficient (Wildman–Crippen LogP) is 3.09. The van der Waals surface area contributed by atoms with Crippen molar-refractivity contribution >= 4 is 23.5 Å². The van der Waals surface area contributed by atoms with Crippen molar-refractivity contribution in [2.75, 3.05) is 29.9 Å². The average Bonchev–Trinajstić information content (AvgIpc) is 3.65. The zero-order valence-electron chi connectivity index (χ0n) is 18.6. The maximum absolute atomic E-state index is 13.2. The van der Waals surface area contributed by atoms with Crippen LogP contribution in [-0.2, 0) is 17.6 Å². The van der Waals surface area contributed by atoms with Crippen molar-refractivity contribution in [3.05, 3.63) is 41.9 Å². The number of likely N-dealkylation sites (tertiary alicyclic amines) is 1. The number of nitrogens with one attached hydrogen (secondary N) is 2. The molecule has 0 spiro atoms. The van der Waals surface area contributed by atoms with E-state index in [4.69, 9.17) is 9.97 Å². The maximum Gasteiger partial charge on any atom is 0.245 e. The molecular weight excluding hydrogens is 416 g/mol. The molecule has 2 saturated heterocycles. The van der Waals surface area contributed by atoms with Gasteiger partial charge in [-0.2, -0.15) is 10.1 Å². The van der Waals surface area contributed by atoms with Gasteiger partial charge < -0.3 is 15.1 Å². The number of carbonyl (C=O) groups excluding carboxylic acids is 1. The number of H-pyrrole nitrogens is 1. The molecule has 0 saturated carbocycles. The van der Waals surface area contributed by atoms with Gasteiger partial charge in [-0.1, -0.05) is 0 Å². The fourth-order valence-corrected chi connectivity index (χ4v) is 5.24. The van der Waals surface area contributed by atoms with Gasteiger partial charge in [0.2, 0.25) is 11.9 Å². The second-order valence-corrected chi connectivity index (χ2v) is 9.07. The Hall–Kier alpha value is -3.49. The summed E-state index contributed by atoms with van der Waals surface area (Å²) in [5.74, 6) is 2.41. The molecule has 33 heavy (non-hydrogen) atoms. The van der Waals surface area contributed by atoms with E-state index in [1.54, 1.807) is 6.20 Å². The molecule has 0 bridgehead atoms. The van der Waals surface area contributed by atoms with Crippen LogP contribution in [0.5, 0.6) is 0 Å². The van der Waals surface area contributed by atoms with E-state index in [0.717, 1.165) is 92.9 Å². The van der Waals surface area contributed by atoms with Crippen LogP contribution in [0.3, 0.4) is 0 Å². The van der Waals surface area contributed by atoms with Gasteiger partial charge in [-0.05, 0) is 57.1 Å². The molecule has 1 aliphatic carbocycles. The molecule has 0 aromatic carbocycles. The van der Waals surface area contributed by atoms with Crippen LogP contribution < -0.4 is 10.2 Å². The lowest BCUT2D eigenvalue weighted by molar-refractivity contribution is -0.131. The number of aromatic nitrogens is 5. The minimum atomic E-state index is -0.155. The molecule has 3 aromatic rings. The minimum Gasteiger partial charge on any atom is -0.341 e. The molecule has 170 valence electrons. The second-order valence-electron chi connectivity index (χ2n) is 9.07. The van der Waals surface area contributed by atoms with Crippen LogP contribution in [0, 0.1) is 0 Å². The van der Waals surface area contributed by atoms with E-state index in [-0.39, 0.29) is 11.9 Å². The molecule has 9 nitrogen and oxygen atoms in total. The summed E-state index contributed by atoms with van der Waals surface area (Å²) in [6, 6.07) is 5.71. The summed E-state index contributed by atoms with van der Waals surface area (Å²) in [5, 5.41) is 10.9. The number of fused-ring (bicyclic) bond motifs is 1. The number of amides is 1. The molecule has 0 radical (unpaired) electrons. The highest BCUT2D eigenvalue weighted by Crippen LogP contribution is 2.33. The molecule has 9 heteroatoms. The molecule has 2 fully saturated rings. The van der Waals surface area contributed by atoms with Crippen molar-refractivity contribution in [2.24, 2.45) is 0 Å². The van der Waals surface area contributed by atoms with E-state index in [1.807, 2.05) is 29.3 Å². The quantitative estimate of drug-likeness (QED) is 0.623. The predicted molar refractivity (Wildman–Crippen MR) is 125 cm³/mol. The maximum atomic E-state index is 13.2. The van der Waals surface area contributed by atoms with E-state index in [0.29, 0.717) is 11.8 Å². The lowest BCUT2D eigenvalue weighted by atomic mass is 10.2. The van der Waals surface area contributed by atoms with Gasteiger partial charge in [0.05, 0.1) is 11.4 Å². The van der Waals surface area contributed by atoms with Gasteiger partial charge in [0.15, 0.2) is 5.82 Å². The Morgan fingerprint density at radius 1 is 1.09 bits per heavy atom. The third kappa shape index (κ3) is 3.81. The zero-order valence-corrected chi connectivity index (χ0v) is 18.6. The number of carbonyl (C=O) groups is 1. The second kappa shape index (κ2) is 8.46. The van der Waals surface area contributed by atoms with Gasteiger partial charge >= 0.3 is 0 Å². The highest BCUT2D eigenvalue weighted by molar-refractivity contribution is 5.85. The summed E-state index contributed by atoms with van der Waals surface area (Å²) in [7, 11) is 0. The number of nitrogens with zero attached hydrogens (tertiary/aromatic N) is 6. The van der Waals surface area contributed by atoms with Crippen molar-refractivity contribution < 1.29 is 4.79 Å². The third-order valence-corrected chi connectivity index (χ3v) is 6.93. The van der Waals surface area contributed by atoms with Gasteiger partial charge in [0.25, 0.3) is 0 Å². The molecule has 2 N–H and O–H groups in total. The SMILES string of the molecule is O=C([C@@H]1CCCN1c1nc2c(c(Nc3cc(-c4cccnc4)[nH]n3)n1)CCC2)N1CCCC1. The van der Waals surface area contributed by atoms with Crippen LogP contribution in [-0.4, -0.2) is 61.6 Å². The number of aromatic amines is 1. The van der Waals surface area contributed by atoms with Crippen LogP contribution in [0.2, 0.25) is 0 Å². The highest BCUT2D eigenvalue weighted by atomic mass is 16.2. The molecule has 0 unspecified atom stereocenters. The van der Waals surface area contributed by atoms with E-state index >= 15 is 0 Å². The number of hydrogen-bond donors (Lipinski definition) is 2. The summed E-state index contributed by atoms with van der Waals surface area (Å²) in [5.41, 5.74) is 4.12. The molecule has 1 amide bonds. The van der Waals surface area contributed by atoms with Gasteiger partial charge in [-0.25, -0.2) is 4.98 Å². The number of anilines is 3. The number of hydrogen-bond acceptors (Lipinski definition) is 7. The fourth-order valence-electron chi connectivity index (χ4n) is 5.24. The first-order valence-corrected chi connectivity index (χ1v) is 11.9. The van der Waals surface area contributed by atoms with Crippen molar-refractivity contribution in [2.45, 2.75) is 51.0 Å². The summed E-state index contributed by atoms with van der Waals surface area (Å²) in [6.07, 6.45) is 10.6. The summed E-state index contributed by atoms with van der Waals surface area (Å²) < 4.78 is 0. The largest absolute Gasteiger partial charge is 0.341 e. The van der Waals surface area contributed by atoms with Gasteiger partial charge in [-0.15, -0.1) is 0 Å². The normalized spacial score (nSPS) is 19.8. The first kappa shape index (κ1) is 20.1. The van der Waals surface area contributed by atoms with Crippen molar-refractivity contribution in [1.82, 2.24) is 30.0 Å². The Labute approximate surface area is 192 Å². The lowest BCUT2D eigenvalue weighted by Gasteiger charge is -2.28. The Morgan fingerprint density at radius 2 is 2.00 bits per heavy atom. The summed E-state index contributed by atoms with van der Waals surface area (Å²) in [4.78, 5) is 31.3. The molecule has 2 aliphatic heterocycles.